The summed E-state index contributed by atoms with van der Waals surface area (Å²) in [6.45, 7) is 4.79. The molecule has 10 aromatic rings. The molecule has 12 rings (SSSR count). The van der Waals surface area contributed by atoms with Gasteiger partial charge in [0.25, 0.3) is 0 Å². The Kier molecular flexibility index (Phi) is 4.52. The standard InChI is InChI=1S/C43H27BN2OS/c1-43(2)29-17-6-3-12-23(29)40-35(43)26-15-10-18-30-39(26)46(40)31-21-28-22-11-4-7-19-32(22)47-41(28)34(36(31)44-30)25-14-9-16-27-37(25)45-38-24-13-5-8-20-33(24)48-42(27)38/h3-21,44-45H,1-2H3. The molecule has 4 aromatic heterocycles. The van der Waals surface area contributed by atoms with Crippen LogP contribution in [0.15, 0.2) is 120 Å². The molecule has 0 saturated heterocycles. The monoisotopic (exact) mass is 630 g/mol. The molecule has 0 saturated carbocycles. The van der Waals surface area contributed by atoms with E-state index < -0.39 is 0 Å². The summed E-state index contributed by atoms with van der Waals surface area (Å²) in [6.07, 6.45) is 0. The Labute approximate surface area is 280 Å². The van der Waals surface area contributed by atoms with Crippen molar-refractivity contribution in [2.45, 2.75) is 19.3 Å². The molecule has 0 atom stereocenters. The maximum Gasteiger partial charge on any atom is 0.198 e. The first-order valence-corrected chi connectivity index (χ1v) is 17.6. The van der Waals surface area contributed by atoms with E-state index in [2.05, 4.69) is 139 Å². The number of nitrogens with zero attached hydrogens (tertiary/aromatic N) is 1. The Morgan fingerprint density at radius 2 is 1.46 bits per heavy atom. The van der Waals surface area contributed by atoms with Gasteiger partial charge in [0.2, 0.25) is 0 Å². The highest BCUT2D eigenvalue weighted by Gasteiger charge is 2.42. The van der Waals surface area contributed by atoms with E-state index in [0.717, 1.165) is 29.2 Å². The maximum absolute atomic E-state index is 6.88. The summed E-state index contributed by atoms with van der Waals surface area (Å²) in [6, 6.07) is 42.4. The van der Waals surface area contributed by atoms with Gasteiger partial charge in [-0.15, -0.1) is 11.3 Å². The number of aromatic amines is 1. The predicted molar refractivity (Wildman–Crippen MR) is 205 cm³/mol. The van der Waals surface area contributed by atoms with Crippen LogP contribution in [0.3, 0.4) is 0 Å². The van der Waals surface area contributed by atoms with E-state index in [1.54, 1.807) is 0 Å². The van der Waals surface area contributed by atoms with E-state index in [0.29, 0.717) is 0 Å². The lowest BCUT2D eigenvalue weighted by molar-refractivity contribution is 0.666. The van der Waals surface area contributed by atoms with Crippen molar-refractivity contribution in [2.24, 2.45) is 0 Å². The van der Waals surface area contributed by atoms with E-state index >= 15 is 0 Å². The number of rotatable bonds is 1. The molecule has 0 radical (unpaired) electrons. The maximum atomic E-state index is 6.88. The molecular formula is C43H27BN2OS. The van der Waals surface area contributed by atoms with E-state index in [9.17, 15) is 0 Å². The number of thiophene rings is 1. The largest absolute Gasteiger partial charge is 0.455 e. The van der Waals surface area contributed by atoms with E-state index in [1.165, 1.54) is 92.2 Å². The number of aromatic nitrogens is 2. The van der Waals surface area contributed by atoms with Crippen molar-refractivity contribution in [2.75, 3.05) is 0 Å². The molecule has 0 amide bonds. The normalized spacial score (nSPS) is 14.4. The molecule has 1 aliphatic heterocycles. The topological polar surface area (TPSA) is 33.9 Å². The zero-order chi connectivity index (χ0) is 31.5. The fourth-order valence-corrected chi connectivity index (χ4v) is 10.5. The number of benzene rings is 6. The third kappa shape index (κ3) is 2.90. The lowest BCUT2D eigenvalue weighted by Gasteiger charge is -2.25. The summed E-state index contributed by atoms with van der Waals surface area (Å²) in [7, 11) is 0.842. The van der Waals surface area contributed by atoms with Crippen LogP contribution in [0.2, 0.25) is 0 Å². The number of H-pyrrole nitrogens is 1. The number of hydrogen-bond acceptors (Lipinski definition) is 2. The van der Waals surface area contributed by atoms with Crippen molar-refractivity contribution in [3.63, 3.8) is 0 Å². The second-order valence-electron chi connectivity index (χ2n) is 14.1. The molecule has 2 aliphatic rings. The molecule has 5 heterocycles. The van der Waals surface area contributed by atoms with Crippen LogP contribution in [0.4, 0.5) is 0 Å². The number of para-hydroxylation sites is 3. The number of hydrogen-bond donors (Lipinski definition) is 1. The van der Waals surface area contributed by atoms with E-state index in [1.807, 2.05) is 11.3 Å². The predicted octanol–water partition coefficient (Wildman–Crippen LogP) is 10.1. The summed E-state index contributed by atoms with van der Waals surface area (Å²) < 4.78 is 12.1. The second-order valence-corrected chi connectivity index (χ2v) is 15.2. The van der Waals surface area contributed by atoms with Crippen molar-refractivity contribution in [3.8, 4) is 28.1 Å². The van der Waals surface area contributed by atoms with Crippen molar-refractivity contribution >= 4 is 93.6 Å². The Balaban J connectivity index is 1.27. The number of nitrogens with one attached hydrogen (secondary N) is 1. The molecule has 0 unspecified atom stereocenters. The summed E-state index contributed by atoms with van der Waals surface area (Å²) in [4.78, 5) is 3.93. The molecule has 0 bridgehead atoms. The van der Waals surface area contributed by atoms with Gasteiger partial charge in [0.15, 0.2) is 7.28 Å². The molecule has 0 spiro atoms. The van der Waals surface area contributed by atoms with Gasteiger partial charge in [-0.2, -0.15) is 0 Å². The average molecular weight is 631 g/mol. The summed E-state index contributed by atoms with van der Waals surface area (Å²) in [5.41, 5.74) is 17.4. The molecule has 5 heteroatoms. The van der Waals surface area contributed by atoms with E-state index in [-0.39, 0.29) is 5.41 Å². The van der Waals surface area contributed by atoms with Crippen molar-refractivity contribution in [1.82, 2.24) is 9.55 Å². The van der Waals surface area contributed by atoms with Gasteiger partial charge < -0.3 is 14.0 Å². The number of fused-ring (bicyclic) bond motifs is 15. The second kappa shape index (κ2) is 8.49. The van der Waals surface area contributed by atoms with Gasteiger partial charge >= 0.3 is 0 Å². The Morgan fingerprint density at radius 1 is 0.708 bits per heavy atom. The Morgan fingerprint density at radius 3 is 2.40 bits per heavy atom. The summed E-state index contributed by atoms with van der Waals surface area (Å²) >= 11 is 1.87. The minimum Gasteiger partial charge on any atom is -0.455 e. The first-order chi connectivity index (χ1) is 23.6. The van der Waals surface area contributed by atoms with Gasteiger partial charge in [0, 0.05) is 64.9 Å². The van der Waals surface area contributed by atoms with Crippen LogP contribution >= 0.6 is 11.3 Å². The van der Waals surface area contributed by atoms with Crippen molar-refractivity contribution in [1.29, 1.82) is 0 Å². The fraction of sp³-hybridized carbons (Fsp3) is 0.0698. The van der Waals surface area contributed by atoms with E-state index in [4.69, 9.17) is 4.42 Å². The van der Waals surface area contributed by atoms with Gasteiger partial charge in [-0.05, 0) is 34.8 Å². The molecule has 224 valence electrons. The van der Waals surface area contributed by atoms with Crippen LogP contribution < -0.4 is 10.9 Å². The molecule has 48 heavy (non-hydrogen) atoms. The highest BCUT2D eigenvalue weighted by Crippen LogP contribution is 2.54. The molecule has 1 N–H and O–H groups in total. The van der Waals surface area contributed by atoms with Gasteiger partial charge in [0.1, 0.15) is 11.2 Å². The van der Waals surface area contributed by atoms with Crippen LogP contribution in [-0.2, 0) is 5.41 Å². The van der Waals surface area contributed by atoms with Crippen LogP contribution in [0, 0.1) is 0 Å². The fourth-order valence-electron chi connectivity index (χ4n) is 9.35. The number of furan rings is 1. The highest BCUT2D eigenvalue weighted by molar-refractivity contribution is 7.26. The zero-order valence-electron chi connectivity index (χ0n) is 26.4. The summed E-state index contributed by atoms with van der Waals surface area (Å²) in [5.74, 6) is 0. The van der Waals surface area contributed by atoms with Crippen LogP contribution in [0.1, 0.15) is 25.0 Å². The van der Waals surface area contributed by atoms with Crippen LogP contribution in [-0.4, -0.2) is 16.8 Å². The Bertz CT molecular complexity index is 3080. The molecule has 1 aliphatic carbocycles. The highest BCUT2D eigenvalue weighted by atomic mass is 32.1. The minimum absolute atomic E-state index is 0.0990. The van der Waals surface area contributed by atoms with Gasteiger partial charge in [-0.1, -0.05) is 116 Å². The molecular weight excluding hydrogens is 603 g/mol. The third-order valence-corrected chi connectivity index (χ3v) is 12.5. The first kappa shape index (κ1) is 25.6. The first-order valence-electron chi connectivity index (χ1n) is 16.7. The minimum atomic E-state index is -0.0990. The van der Waals surface area contributed by atoms with Gasteiger partial charge in [0.05, 0.1) is 21.4 Å². The third-order valence-electron chi connectivity index (χ3n) is 11.3. The smallest absolute Gasteiger partial charge is 0.198 e. The average Bonchev–Trinajstić information content (AvgIpc) is 3.89. The summed E-state index contributed by atoms with van der Waals surface area (Å²) in [5, 5.41) is 6.23. The van der Waals surface area contributed by atoms with Crippen LogP contribution in [0.25, 0.3) is 92.1 Å². The lowest BCUT2D eigenvalue weighted by atomic mass is 9.58. The van der Waals surface area contributed by atoms with Crippen molar-refractivity contribution < 1.29 is 4.42 Å². The zero-order valence-corrected chi connectivity index (χ0v) is 27.3. The molecule has 6 aromatic carbocycles. The van der Waals surface area contributed by atoms with Crippen LogP contribution in [0.5, 0.6) is 0 Å². The van der Waals surface area contributed by atoms with Gasteiger partial charge in [-0.25, -0.2) is 0 Å². The molecule has 0 fully saturated rings. The SMILES string of the molecule is CC1(C)c2ccccc2-c2c1c1cccc3c1n2-c1cc2c(oc4ccccc42)c(-c2cccc4c2[nH]c2c5ccccc5sc42)c1B3. The Hall–Kier alpha value is -5.52. The molecule has 3 nitrogen and oxygen atoms in total. The van der Waals surface area contributed by atoms with Crippen molar-refractivity contribution in [3.05, 3.63) is 126 Å². The lowest BCUT2D eigenvalue weighted by Crippen LogP contribution is -2.37. The van der Waals surface area contributed by atoms with Gasteiger partial charge in [-0.3, -0.25) is 0 Å². The quantitative estimate of drug-likeness (QED) is 0.180.